The zero-order valence-electron chi connectivity index (χ0n) is 11.8. The minimum Gasteiger partial charge on any atom is -0.457 e. The number of likely N-dealkylation sites (N-methyl/N-ethyl adjacent to an activating group) is 1. The molecule has 1 aromatic carbocycles. The van der Waals surface area contributed by atoms with Gasteiger partial charge < -0.3 is 9.64 Å². The lowest BCUT2D eigenvalue weighted by Crippen LogP contribution is -2.38. The Morgan fingerprint density at radius 3 is 2.20 bits per heavy atom. The van der Waals surface area contributed by atoms with Gasteiger partial charge >= 0.3 is 5.97 Å². The molecule has 5 heteroatoms. The van der Waals surface area contributed by atoms with Crippen LogP contribution >= 0.6 is 0 Å². The fourth-order valence-electron chi connectivity index (χ4n) is 1.71. The van der Waals surface area contributed by atoms with E-state index in [1.807, 2.05) is 18.2 Å². The summed E-state index contributed by atoms with van der Waals surface area (Å²) in [6.07, 6.45) is 0.0909. The van der Waals surface area contributed by atoms with E-state index in [-0.39, 0.29) is 6.42 Å². The Kier molecular flexibility index (Phi) is 6.43. The number of esters is 1. The molecule has 1 amide bonds. The van der Waals surface area contributed by atoms with Crippen molar-refractivity contribution in [2.45, 2.75) is 20.3 Å². The highest BCUT2D eigenvalue weighted by molar-refractivity contribution is 6.36. The van der Waals surface area contributed by atoms with Crippen molar-refractivity contribution in [1.29, 1.82) is 0 Å². The number of hydrogen-bond acceptors (Lipinski definition) is 4. The molecule has 1 rings (SSSR count). The van der Waals surface area contributed by atoms with E-state index in [1.165, 1.54) is 4.90 Å². The van der Waals surface area contributed by atoms with Crippen LogP contribution in [0.2, 0.25) is 0 Å². The third-order valence-electron chi connectivity index (χ3n) is 2.84. The van der Waals surface area contributed by atoms with Gasteiger partial charge in [0.1, 0.15) is 0 Å². The van der Waals surface area contributed by atoms with Gasteiger partial charge in [0.05, 0.1) is 6.42 Å². The Morgan fingerprint density at radius 1 is 1.05 bits per heavy atom. The molecule has 0 saturated carbocycles. The van der Waals surface area contributed by atoms with Crippen molar-refractivity contribution in [3.63, 3.8) is 0 Å². The molecule has 0 aliphatic heterocycles. The lowest BCUT2D eigenvalue weighted by Gasteiger charge is -2.17. The molecule has 0 fully saturated rings. The predicted octanol–water partition coefficient (Wildman–Crippen LogP) is 1.21. The highest BCUT2D eigenvalue weighted by atomic mass is 16.5. The molecule has 0 aliphatic carbocycles. The van der Waals surface area contributed by atoms with Crippen LogP contribution in [0.15, 0.2) is 30.3 Å². The van der Waals surface area contributed by atoms with Crippen molar-refractivity contribution in [2.75, 3.05) is 19.7 Å². The van der Waals surface area contributed by atoms with Crippen LogP contribution in [0.5, 0.6) is 0 Å². The molecule has 0 N–H and O–H groups in total. The molecular formula is C15H19NO4. The number of Topliss-reactive ketones (excluding diaryl/α,β-unsaturated/α-hetero) is 1. The summed E-state index contributed by atoms with van der Waals surface area (Å²) in [7, 11) is 0. The number of amides is 1. The average Bonchev–Trinajstić information content (AvgIpc) is 2.47. The zero-order valence-corrected chi connectivity index (χ0v) is 11.8. The summed E-state index contributed by atoms with van der Waals surface area (Å²) in [4.78, 5) is 36.2. The number of rotatable bonds is 7. The van der Waals surface area contributed by atoms with Gasteiger partial charge in [-0.3, -0.25) is 14.4 Å². The topological polar surface area (TPSA) is 63.7 Å². The fraction of sp³-hybridized carbons (Fsp3) is 0.400. The summed E-state index contributed by atoms with van der Waals surface area (Å²) in [5, 5.41) is 0. The minimum absolute atomic E-state index is 0.0909. The first kappa shape index (κ1) is 15.9. The van der Waals surface area contributed by atoms with E-state index in [0.29, 0.717) is 13.1 Å². The molecule has 5 nitrogen and oxygen atoms in total. The maximum Gasteiger partial charge on any atom is 0.310 e. The van der Waals surface area contributed by atoms with Crippen LogP contribution in [-0.2, 0) is 25.5 Å². The Hall–Kier alpha value is -2.17. The fourth-order valence-corrected chi connectivity index (χ4v) is 1.71. The van der Waals surface area contributed by atoms with Crippen LogP contribution in [-0.4, -0.2) is 42.3 Å². The van der Waals surface area contributed by atoms with Gasteiger partial charge in [0.25, 0.3) is 11.7 Å². The number of ether oxygens (including phenoxy) is 1. The van der Waals surface area contributed by atoms with Crippen LogP contribution in [0.4, 0.5) is 0 Å². The van der Waals surface area contributed by atoms with Crippen LogP contribution in [0.25, 0.3) is 0 Å². The van der Waals surface area contributed by atoms with E-state index in [9.17, 15) is 14.4 Å². The van der Waals surface area contributed by atoms with Crippen LogP contribution in [0.1, 0.15) is 19.4 Å². The summed E-state index contributed by atoms with van der Waals surface area (Å²) in [5.41, 5.74) is 0.806. The van der Waals surface area contributed by atoms with Crippen molar-refractivity contribution in [3.8, 4) is 0 Å². The number of hydrogen-bond donors (Lipinski definition) is 0. The van der Waals surface area contributed by atoms with Gasteiger partial charge in [0, 0.05) is 13.1 Å². The molecule has 0 aromatic heterocycles. The Balaban J connectivity index is 2.41. The van der Waals surface area contributed by atoms with Gasteiger partial charge in [0.15, 0.2) is 6.61 Å². The average molecular weight is 277 g/mol. The minimum atomic E-state index is -0.699. The van der Waals surface area contributed by atoms with E-state index in [0.717, 1.165) is 5.56 Å². The number of benzene rings is 1. The van der Waals surface area contributed by atoms with Crippen molar-refractivity contribution < 1.29 is 19.1 Å². The molecule has 108 valence electrons. The summed E-state index contributed by atoms with van der Waals surface area (Å²) in [5.74, 6) is -1.82. The first-order valence-corrected chi connectivity index (χ1v) is 6.60. The van der Waals surface area contributed by atoms with Gasteiger partial charge in [-0.1, -0.05) is 30.3 Å². The monoisotopic (exact) mass is 277 g/mol. The summed E-state index contributed by atoms with van der Waals surface area (Å²) in [6, 6.07) is 9.07. The summed E-state index contributed by atoms with van der Waals surface area (Å²) < 4.78 is 4.83. The number of carbonyl (C=O) groups excluding carboxylic acids is 3. The summed E-state index contributed by atoms with van der Waals surface area (Å²) >= 11 is 0. The Morgan fingerprint density at radius 2 is 1.65 bits per heavy atom. The van der Waals surface area contributed by atoms with E-state index >= 15 is 0 Å². The van der Waals surface area contributed by atoms with Gasteiger partial charge in [0.2, 0.25) is 0 Å². The predicted molar refractivity (Wildman–Crippen MR) is 74.0 cm³/mol. The van der Waals surface area contributed by atoms with Gasteiger partial charge in [-0.2, -0.15) is 0 Å². The second kappa shape index (κ2) is 8.09. The molecule has 0 atom stereocenters. The molecular weight excluding hydrogens is 258 g/mol. The van der Waals surface area contributed by atoms with Gasteiger partial charge in [-0.05, 0) is 19.4 Å². The number of ketones is 1. The molecule has 0 radical (unpaired) electrons. The maximum absolute atomic E-state index is 11.7. The van der Waals surface area contributed by atoms with Crippen LogP contribution < -0.4 is 0 Å². The zero-order chi connectivity index (χ0) is 15.0. The molecule has 20 heavy (non-hydrogen) atoms. The molecule has 0 heterocycles. The lowest BCUT2D eigenvalue weighted by atomic mass is 10.2. The van der Waals surface area contributed by atoms with Crippen molar-refractivity contribution in [2.24, 2.45) is 0 Å². The van der Waals surface area contributed by atoms with Crippen molar-refractivity contribution >= 4 is 17.7 Å². The molecule has 0 aliphatic rings. The standard InChI is InChI=1S/C15H19NO4/c1-3-16(4-2)15(19)13(17)11-20-14(18)10-12-8-6-5-7-9-12/h5-9H,3-4,10-11H2,1-2H3. The van der Waals surface area contributed by atoms with Crippen molar-refractivity contribution in [3.05, 3.63) is 35.9 Å². The Bertz CT molecular complexity index is 466. The molecule has 0 saturated heterocycles. The van der Waals surface area contributed by atoms with Gasteiger partial charge in [-0.25, -0.2) is 0 Å². The van der Waals surface area contributed by atoms with E-state index < -0.39 is 24.3 Å². The van der Waals surface area contributed by atoms with Crippen molar-refractivity contribution in [1.82, 2.24) is 4.90 Å². The van der Waals surface area contributed by atoms with Crippen LogP contribution in [0.3, 0.4) is 0 Å². The third-order valence-corrected chi connectivity index (χ3v) is 2.84. The second-order valence-corrected chi connectivity index (χ2v) is 4.22. The number of carbonyl (C=O) groups is 3. The first-order chi connectivity index (χ1) is 9.58. The largest absolute Gasteiger partial charge is 0.457 e. The smallest absolute Gasteiger partial charge is 0.310 e. The molecule has 1 aromatic rings. The molecule has 0 unspecified atom stereocenters. The second-order valence-electron chi connectivity index (χ2n) is 4.22. The number of nitrogens with zero attached hydrogens (tertiary/aromatic N) is 1. The highest BCUT2D eigenvalue weighted by Crippen LogP contribution is 2.01. The molecule has 0 spiro atoms. The van der Waals surface area contributed by atoms with E-state index in [4.69, 9.17) is 4.74 Å². The Labute approximate surface area is 118 Å². The van der Waals surface area contributed by atoms with Crippen LogP contribution in [0, 0.1) is 0 Å². The third kappa shape index (κ3) is 4.84. The van der Waals surface area contributed by atoms with E-state index in [2.05, 4.69) is 0 Å². The normalized spacial score (nSPS) is 9.90. The van der Waals surface area contributed by atoms with Gasteiger partial charge in [-0.15, -0.1) is 0 Å². The van der Waals surface area contributed by atoms with E-state index in [1.54, 1.807) is 26.0 Å². The SMILES string of the molecule is CCN(CC)C(=O)C(=O)COC(=O)Cc1ccccc1. The quantitative estimate of drug-likeness (QED) is 0.555. The summed E-state index contributed by atoms with van der Waals surface area (Å²) in [6.45, 7) is 3.99. The molecule has 0 bridgehead atoms. The first-order valence-electron chi connectivity index (χ1n) is 6.60. The maximum atomic E-state index is 11.7. The lowest BCUT2D eigenvalue weighted by molar-refractivity contribution is -0.152. The highest BCUT2D eigenvalue weighted by Gasteiger charge is 2.20.